The van der Waals surface area contributed by atoms with Crippen molar-refractivity contribution in [1.82, 2.24) is 0 Å². The molecule has 0 heterocycles. The molecule has 1 nitrogen and oxygen atoms in total. The lowest BCUT2D eigenvalue weighted by Gasteiger charge is -2.49. The quantitative estimate of drug-likeness (QED) is 0.217. The van der Waals surface area contributed by atoms with E-state index in [9.17, 15) is 0 Å². The summed E-state index contributed by atoms with van der Waals surface area (Å²) in [5.41, 5.74) is 11.0. The summed E-state index contributed by atoms with van der Waals surface area (Å²) in [6.07, 6.45) is 37.9. The van der Waals surface area contributed by atoms with E-state index < -0.39 is 0 Å². The minimum absolute atomic E-state index is 0.571. The average molecular weight is 512 g/mol. The van der Waals surface area contributed by atoms with Crippen molar-refractivity contribution in [2.24, 2.45) is 53.1 Å². The van der Waals surface area contributed by atoms with Crippen LogP contribution in [-0.4, -0.2) is 6.54 Å². The first-order valence-corrected chi connectivity index (χ1v) is 15.6. The molecule has 2 N–H and O–H groups in total. The largest absolute Gasteiger partial charge is 0.330 e. The predicted octanol–water partition coefficient (Wildman–Crippen LogP) is 9.69. The van der Waals surface area contributed by atoms with Crippen LogP contribution in [0.1, 0.15) is 78.1 Å². The van der Waals surface area contributed by atoms with Gasteiger partial charge in [-0.2, -0.15) is 0 Å². The van der Waals surface area contributed by atoms with Gasteiger partial charge in [0.25, 0.3) is 0 Å². The molecule has 4 rings (SSSR count). The van der Waals surface area contributed by atoms with Crippen molar-refractivity contribution >= 4 is 0 Å². The van der Waals surface area contributed by atoms with Gasteiger partial charge in [-0.3, -0.25) is 0 Å². The van der Waals surface area contributed by atoms with E-state index in [1.807, 2.05) is 12.2 Å². The van der Waals surface area contributed by atoms with Gasteiger partial charge in [-0.1, -0.05) is 111 Å². The summed E-state index contributed by atoms with van der Waals surface area (Å²) in [4.78, 5) is 0. The molecule has 1 fully saturated rings. The molecule has 0 aliphatic heterocycles. The van der Waals surface area contributed by atoms with Crippen LogP contribution < -0.4 is 5.73 Å². The Balaban J connectivity index is 1.51. The van der Waals surface area contributed by atoms with Gasteiger partial charge < -0.3 is 5.73 Å². The third kappa shape index (κ3) is 6.53. The molecule has 0 amide bonds. The average Bonchev–Trinajstić information content (AvgIpc) is 2.95. The maximum atomic E-state index is 6.15. The Morgan fingerprint density at radius 2 is 1.82 bits per heavy atom. The Bertz CT molecular complexity index is 984. The molecule has 206 valence electrons. The van der Waals surface area contributed by atoms with Crippen LogP contribution in [0.2, 0.25) is 0 Å². The molecule has 4 aliphatic carbocycles. The Kier molecular flexibility index (Phi) is 10.9. The van der Waals surface area contributed by atoms with Crippen molar-refractivity contribution < 1.29 is 0 Å². The maximum Gasteiger partial charge on any atom is 0.00520 e. The standard InChI is InChI=1S/C37H53N/c1-5-8-10-14-29-22-23-37(35-17-12-11-16-34(29)35)36-25-24-32(27(4)33(36)15-9-6-2)30-20-18-28(19-21-30)31(26-38)13-7-3/h5-6,8-12,15-18,27,30-33,35-37H,1-2,7,13-14,19-26,38H2,3-4H3/b10-8-,15-9-. The number of fused-ring (bicyclic) bond motifs is 1. The molecule has 0 aromatic carbocycles. The van der Waals surface area contributed by atoms with Gasteiger partial charge in [0.2, 0.25) is 0 Å². The van der Waals surface area contributed by atoms with Gasteiger partial charge in [0.15, 0.2) is 0 Å². The second kappa shape index (κ2) is 14.3. The molecular formula is C37H53N. The molecule has 8 unspecified atom stereocenters. The smallest absolute Gasteiger partial charge is 0.00520 e. The highest BCUT2D eigenvalue weighted by Gasteiger charge is 2.45. The fourth-order valence-electron chi connectivity index (χ4n) is 8.60. The zero-order valence-corrected chi connectivity index (χ0v) is 24.2. The molecular weight excluding hydrogens is 458 g/mol. The van der Waals surface area contributed by atoms with Gasteiger partial charge in [0.05, 0.1) is 0 Å². The normalized spacial score (nSPS) is 34.4. The summed E-state index contributed by atoms with van der Waals surface area (Å²) in [5.74, 6) is 5.68. The minimum atomic E-state index is 0.571. The van der Waals surface area contributed by atoms with Crippen molar-refractivity contribution in [3.8, 4) is 0 Å². The second-order valence-electron chi connectivity index (χ2n) is 12.4. The van der Waals surface area contributed by atoms with Crippen LogP contribution >= 0.6 is 0 Å². The Morgan fingerprint density at radius 1 is 1.00 bits per heavy atom. The Morgan fingerprint density at radius 3 is 2.53 bits per heavy atom. The lowest BCUT2D eigenvalue weighted by atomic mass is 9.55. The zero-order valence-electron chi connectivity index (χ0n) is 24.2. The van der Waals surface area contributed by atoms with Crippen molar-refractivity contribution in [2.75, 3.05) is 6.54 Å². The highest BCUT2D eigenvalue weighted by atomic mass is 14.6. The molecule has 0 spiro atoms. The van der Waals surface area contributed by atoms with E-state index in [0.29, 0.717) is 17.8 Å². The van der Waals surface area contributed by atoms with Crippen LogP contribution in [0.15, 0.2) is 96.7 Å². The summed E-state index contributed by atoms with van der Waals surface area (Å²) in [7, 11) is 0. The summed E-state index contributed by atoms with van der Waals surface area (Å²) in [6.45, 7) is 13.6. The summed E-state index contributed by atoms with van der Waals surface area (Å²) >= 11 is 0. The first kappa shape index (κ1) is 28.9. The summed E-state index contributed by atoms with van der Waals surface area (Å²) in [5, 5.41) is 0. The predicted molar refractivity (Wildman–Crippen MR) is 167 cm³/mol. The fraction of sp³-hybridized carbons (Fsp3) is 0.568. The summed E-state index contributed by atoms with van der Waals surface area (Å²) in [6, 6.07) is 0. The molecule has 38 heavy (non-hydrogen) atoms. The summed E-state index contributed by atoms with van der Waals surface area (Å²) < 4.78 is 0. The van der Waals surface area contributed by atoms with E-state index in [2.05, 4.69) is 81.7 Å². The van der Waals surface area contributed by atoms with E-state index in [4.69, 9.17) is 5.73 Å². The fourth-order valence-corrected chi connectivity index (χ4v) is 8.60. The third-order valence-electron chi connectivity index (χ3n) is 10.5. The Hall–Kier alpha value is -2.12. The highest BCUT2D eigenvalue weighted by molar-refractivity contribution is 5.40. The third-order valence-corrected chi connectivity index (χ3v) is 10.5. The lowest BCUT2D eigenvalue weighted by Crippen LogP contribution is -2.42. The van der Waals surface area contributed by atoms with Crippen LogP contribution in [0, 0.1) is 47.3 Å². The van der Waals surface area contributed by atoms with E-state index in [1.54, 1.807) is 16.7 Å². The van der Waals surface area contributed by atoms with E-state index >= 15 is 0 Å². The molecule has 0 aromatic rings. The van der Waals surface area contributed by atoms with Gasteiger partial charge in [-0.25, -0.2) is 0 Å². The van der Waals surface area contributed by atoms with Gasteiger partial charge in [0, 0.05) is 5.92 Å². The highest BCUT2D eigenvalue weighted by Crippen LogP contribution is 2.53. The number of rotatable bonds is 11. The first-order valence-electron chi connectivity index (χ1n) is 15.6. The number of hydrogen-bond donors (Lipinski definition) is 1. The van der Waals surface area contributed by atoms with Gasteiger partial charge in [-0.15, -0.1) is 0 Å². The van der Waals surface area contributed by atoms with Crippen molar-refractivity contribution in [2.45, 2.75) is 78.1 Å². The van der Waals surface area contributed by atoms with Crippen LogP contribution in [-0.2, 0) is 0 Å². The molecule has 0 saturated heterocycles. The minimum Gasteiger partial charge on any atom is -0.330 e. The molecule has 0 bridgehead atoms. The second-order valence-corrected chi connectivity index (χ2v) is 12.4. The monoisotopic (exact) mass is 511 g/mol. The van der Waals surface area contributed by atoms with Crippen molar-refractivity contribution in [3.63, 3.8) is 0 Å². The van der Waals surface area contributed by atoms with Gasteiger partial charge in [0.1, 0.15) is 0 Å². The van der Waals surface area contributed by atoms with Crippen molar-refractivity contribution in [1.29, 1.82) is 0 Å². The van der Waals surface area contributed by atoms with Crippen LogP contribution in [0.4, 0.5) is 0 Å². The van der Waals surface area contributed by atoms with Gasteiger partial charge >= 0.3 is 0 Å². The lowest BCUT2D eigenvalue weighted by molar-refractivity contribution is 0.0431. The van der Waals surface area contributed by atoms with Crippen LogP contribution in [0.3, 0.4) is 0 Å². The van der Waals surface area contributed by atoms with E-state index in [1.165, 1.54) is 57.8 Å². The SMILES string of the molecule is C=C/C=C\CC1=C2C=CC=CC2C(C2CCC(C3CC=C(C(CN)CCC)CC3)C(C)C2/C=C\C=C)CC1. The molecule has 4 aliphatic rings. The topological polar surface area (TPSA) is 26.0 Å². The van der Waals surface area contributed by atoms with Crippen LogP contribution in [0.25, 0.3) is 0 Å². The number of nitrogens with two attached hydrogens (primary N) is 1. The molecule has 1 heteroatoms. The number of hydrogen-bond acceptors (Lipinski definition) is 1. The van der Waals surface area contributed by atoms with Crippen LogP contribution in [0.5, 0.6) is 0 Å². The number of allylic oxidation sites excluding steroid dienone is 13. The van der Waals surface area contributed by atoms with E-state index in [0.717, 1.165) is 42.6 Å². The molecule has 0 radical (unpaired) electrons. The van der Waals surface area contributed by atoms with Crippen molar-refractivity contribution in [3.05, 3.63) is 96.7 Å². The molecule has 8 atom stereocenters. The maximum absolute atomic E-state index is 6.15. The van der Waals surface area contributed by atoms with E-state index in [-0.39, 0.29) is 0 Å². The molecule has 0 aromatic heterocycles. The van der Waals surface area contributed by atoms with Gasteiger partial charge in [-0.05, 0) is 111 Å². The Labute approximate surface area is 234 Å². The zero-order chi connectivity index (χ0) is 26.9. The molecule has 1 saturated carbocycles. The first-order chi connectivity index (χ1) is 18.6.